The van der Waals surface area contributed by atoms with E-state index in [0.717, 1.165) is 67.4 Å². The summed E-state index contributed by atoms with van der Waals surface area (Å²) in [5.41, 5.74) is 9.82. The Morgan fingerprint density at radius 2 is 0.822 bits per heavy atom. The van der Waals surface area contributed by atoms with Crippen LogP contribution in [0.3, 0.4) is 0 Å². The molecule has 45 heavy (non-hydrogen) atoms. The van der Waals surface area contributed by atoms with Crippen LogP contribution in [0.25, 0.3) is 44.8 Å². The highest BCUT2D eigenvalue weighted by atomic mass is 16.5. The van der Waals surface area contributed by atoms with E-state index in [1.807, 2.05) is 48.5 Å². The minimum Gasteiger partial charge on any atom is -0.457 e. The number of hydrogen-bond acceptors (Lipinski definition) is 5. The van der Waals surface area contributed by atoms with E-state index in [9.17, 15) is 0 Å². The molecule has 0 aliphatic carbocycles. The Balaban J connectivity index is 1.42. The van der Waals surface area contributed by atoms with Crippen molar-refractivity contribution in [3.05, 3.63) is 133 Å². The average Bonchev–Trinajstić information content (AvgIpc) is 3.04. The molecular weight excluding hydrogens is 552 g/mol. The number of aromatic nitrogens is 4. The van der Waals surface area contributed by atoms with Gasteiger partial charge in [-0.1, -0.05) is 102 Å². The van der Waals surface area contributed by atoms with Crippen molar-refractivity contribution >= 4 is 0 Å². The number of benzene rings is 4. The summed E-state index contributed by atoms with van der Waals surface area (Å²) in [7, 11) is 0. The van der Waals surface area contributed by atoms with Crippen LogP contribution in [0.1, 0.15) is 52.7 Å². The molecule has 0 saturated heterocycles. The highest BCUT2D eigenvalue weighted by molar-refractivity contribution is 5.72. The molecule has 5 nitrogen and oxygen atoms in total. The summed E-state index contributed by atoms with van der Waals surface area (Å²) in [5, 5.41) is 17.7. The Hall–Kier alpha value is -5.16. The van der Waals surface area contributed by atoms with E-state index in [4.69, 9.17) is 4.74 Å². The Morgan fingerprint density at radius 1 is 0.422 bits per heavy atom. The maximum absolute atomic E-state index is 6.71. The summed E-state index contributed by atoms with van der Waals surface area (Å²) >= 11 is 0. The van der Waals surface area contributed by atoms with Crippen LogP contribution >= 0.6 is 0 Å². The quantitative estimate of drug-likeness (QED) is 0.193. The van der Waals surface area contributed by atoms with Crippen LogP contribution in [0.4, 0.5) is 0 Å². The third-order valence-corrected chi connectivity index (χ3v) is 7.90. The molecule has 4 aromatic carbocycles. The van der Waals surface area contributed by atoms with E-state index in [-0.39, 0.29) is 10.8 Å². The van der Waals surface area contributed by atoms with E-state index in [1.165, 1.54) is 0 Å². The second kappa shape index (κ2) is 12.1. The van der Waals surface area contributed by atoms with Crippen molar-refractivity contribution < 1.29 is 4.74 Å². The molecule has 0 amide bonds. The Labute approximate surface area is 266 Å². The zero-order chi connectivity index (χ0) is 31.6. The van der Waals surface area contributed by atoms with Crippen LogP contribution in [0.15, 0.2) is 122 Å². The normalized spacial score (nSPS) is 11.8. The van der Waals surface area contributed by atoms with Crippen LogP contribution in [0.2, 0.25) is 0 Å². The molecule has 2 heterocycles. The Bertz CT molecular complexity index is 1800. The van der Waals surface area contributed by atoms with Gasteiger partial charge in [0.15, 0.2) is 0 Å². The topological polar surface area (TPSA) is 60.8 Å². The predicted molar refractivity (Wildman–Crippen MR) is 183 cm³/mol. The molecule has 0 unspecified atom stereocenters. The zero-order valence-electron chi connectivity index (χ0n) is 26.7. The fraction of sp³-hybridized carbons (Fsp3) is 0.200. The fourth-order valence-electron chi connectivity index (χ4n) is 5.21. The van der Waals surface area contributed by atoms with Gasteiger partial charge in [0.1, 0.15) is 11.5 Å². The molecule has 0 aliphatic rings. The third-order valence-electron chi connectivity index (χ3n) is 7.90. The third kappa shape index (κ3) is 6.99. The molecule has 224 valence electrons. The van der Waals surface area contributed by atoms with Crippen molar-refractivity contribution in [1.29, 1.82) is 0 Å². The fourth-order valence-corrected chi connectivity index (χ4v) is 5.21. The minimum absolute atomic E-state index is 0.107. The van der Waals surface area contributed by atoms with Gasteiger partial charge in [-0.25, -0.2) is 0 Å². The van der Waals surface area contributed by atoms with E-state index in [2.05, 4.69) is 123 Å². The molecule has 5 heteroatoms. The van der Waals surface area contributed by atoms with Crippen LogP contribution in [0.5, 0.6) is 11.5 Å². The molecular formula is C40H38N4O. The van der Waals surface area contributed by atoms with Gasteiger partial charge in [-0.2, -0.15) is 20.4 Å². The lowest BCUT2D eigenvalue weighted by Gasteiger charge is -2.23. The first-order chi connectivity index (χ1) is 21.5. The molecule has 6 aromatic rings. The van der Waals surface area contributed by atoms with Gasteiger partial charge in [0, 0.05) is 22.3 Å². The highest BCUT2D eigenvalue weighted by Crippen LogP contribution is 2.38. The van der Waals surface area contributed by atoms with Gasteiger partial charge in [-0.05, 0) is 81.6 Å². The Morgan fingerprint density at radius 3 is 1.20 bits per heavy atom. The number of rotatable bonds is 6. The Kier molecular flexibility index (Phi) is 8.03. The predicted octanol–water partition coefficient (Wildman–Crippen LogP) is 10.3. The lowest BCUT2D eigenvalue weighted by molar-refractivity contribution is 0.475. The first-order valence-electron chi connectivity index (χ1n) is 15.3. The smallest absolute Gasteiger partial charge is 0.128 e. The summed E-state index contributed by atoms with van der Waals surface area (Å²) in [6.07, 6.45) is 3.61. The maximum atomic E-state index is 6.71. The highest BCUT2D eigenvalue weighted by Gasteiger charge is 2.20. The molecule has 2 aromatic heterocycles. The molecule has 0 spiro atoms. The minimum atomic E-state index is -0.107. The molecule has 0 atom stereocenters. The lowest BCUT2D eigenvalue weighted by Crippen LogP contribution is -2.12. The number of hydrogen-bond donors (Lipinski definition) is 0. The molecule has 0 saturated carbocycles. The van der Waals surface area contributed by atoms with Gasteiger partial charge in [0.2, 0.25) is 0 Å². The monoisotopic (exact) mass is 590 g/mol. The summed E-state index contributed by atoms with van der Waals surface area (Å²) in [6.45, 7) is 13.2. The second-order valence-electron chi connectivity index (χ2n) is 13.5. The second-order valence-corrected chi connectivity index (χ2v) is 13.5. The SMILES string of the molecule is CC(C)(C)c1cc(Oc2cc(-c3cc(-c4ccccc4)cnn3)cc(C(C)(C)C)c2)cc(-c2cc(-c3ccccc3)cnn2)c1. The number of ether oxygens (including phenoxy) is 1. The van der Waals surface area contributed by atoms with Crippen molar-refractivity contribution in [3.8, 4) is 56.3 Å². The summed E-state index contributed by atoms with van der Waals surface area (Å²) in [5.74, 6) is 1.48. The standard InChI is InChI=1S/C40H38N4O/c1-39(2,3)33-17-29(37-21-31(25-41-43-37)27-13-9-7-10-14-27)19-35(23-33)45-36-20-30(18-34(24-36)40(4,5)6)38-22-32(26-42-44-38)28-15-11-8-12-16-28/h7-26H,1-6H3. The molecule has 0 radical (unpaired) electrons. The molecule has 0 bridgehead atoms. The van der Waals surface area contributed by atoms with Crippen molar-refractivity contribution in [2.24, 2.45) is 0 Å². The van der Waals surface area contributed by atoms with Crippen molar-refractivity contribution in [1.82, 2.24) is 20.4 Å². The largest absolute Gasteiger partial charge is 0.457 e. The van der Waals surface area contributed by atoms with Crippen molar-refractivity contribution in [2.75, 3.05) is 0 Å². The van der Waals surface area contributed by atoms with Gasteiger partial charge in [0.25, 0.3) is 0 Å². The van der Waals surface area contributed by atoms with Gasteiger partial charge < -0.3 is 4.74 Å². The summed E-state index contributed by atoms with van der Waals surface area (Å²) < 4.78 is 6.71. The summed E-state index contributed by atoms with van der Waals surface area (Å²) in [6, 6.07) is 37.4. The van der Waals surface area contributed by atoms with Gasteiger partial charge in [0.05, 0.1) is 23.8 Å². The maximum Gasteiger partial charge on any atom is 0.128 e. The van der Waals surface area contributed by atoms with Crippen molar-refractivity contribution in [2.45, 2.75) is 52.4 Å². The summed E-state index contributed by atoms with van der Waals surface area (Å²) in [4.78, 5) is 0. The first-order valence-corrected chi connectivity index (χ1v) is 15.3. The van der Waals surface area contributed by atoms with Gasteiger partial charge in [-0.3, -0.25) is 0 Å². The molecule has 0 fully saturated rings. The molecule has 0 N–H and O–H groups in total. The van der Waals surface area contributed by atoms with E-state index < -0.39 is 0 Å². The van der Waals surface area contributed by atoms with E-state index in [1.54, 1.807) is 12.4 Å². The van der Waals surface area contributed by atoms with E-state index in [0.29, 0.717) is 0 Å². The van der Waals surface area contributed by atoms with Crippen LogP contribution in [0, 0.1) is 0 Å². The van der Waals surface area contributed by atoms with Crippen LogP contribution in [-0.4, -0.2) is 20.4 Å². The van der Waals surface area contributed by atoms with E-state index >= 15 is 0 Å². The first kappa shape index (κ1) is 29.9. The van der Waals surface area contributed by atoms with Crippen molar-refractivity contribution in [3.63, 3.8) is 0 Å². The zero-order valence-corrected chi connectivity index (χ0v) is 26.7. The van der Waals surface area contributed by atoms with Crippen LogP contribution in [-0.2, 0) is 10.8 Å². The molecule has 0 aliphatic heterocycles. The lowest BCUT2D eigenvalue weighted by atomic mass is 9.85. The number of nitrogens with zero attached hydrogens (tertiary/aromatic N) is 4. The average molecular weight is 591 g/mol. The van der Waals surface area contributed by atoms with Gasteiger partial charge >= 0.3 is 0 Å². The van der Waals surface area contributed by atoms with Gasteiger partial charge in [-0.15, -0.1) is 0 Å². The molecule has 6 rings (SSSR count). The van der Waals surface area contributed by atoms with Crippen LogP contribution < -0.4 is 4.74 Å².